The second-order valence-corrected chi connectivity index (χ2v) is 15.9. The molecule has 0 fully saturated rings. The summed E-state index contributed by atoms with van der Waals surface area (Å²) in [5.41, 5.74) is 12.0. The molecule has 0 aliphatic rings. The average molecular weight is 623 g/mol. The SMILES string of the molecule is Cc1ccnc(-c2cc(-c3cccc4c3nc(-c3c[nH]ccc3=O)n4-c3cc(C(C)(C)C)cc(C(C)(C)C)c3)cc(C(C)(C)C)c2)c1. The maximum Gasteiger partial charge on any atom is 0.192 e. The molecule has 0 saturated carbocycles. The Hall–Kier alpha value is -4.77. The quantitative estimate of drug-likeness (QED) is 0.213. The van der Waals surface area contributed by atoms with Crippen molar-refractivity contribution < 1.29 is 0 Å². The predicted octanol–water partition coefficient (Wildman–Crippen LogP) is 10.3. The van der Waals surface area contributed by atoms with Crippen LogP contribution in [-0.4, -0.2) is 19.5 Å². The molecule has 1 N–H and O–H groups in total. The zero-order valence-electron chi connectivity index (χ0n) is 29.4. The lowest BCUT2D eigenvalue weighted by Gasteiger charge is -2.27. The molecule has 3 aromatic carbocycles. The van der Waals surface area contributed by atoms with Crippen molar-refractivity contribution in [2.24, 2.45) is 0 Å². The molecule has 0 radical (unpaired) electrons. The minimum absolute atomic E-state index is 0.0738. The molecule has 0 atom stereocenters. The highest BCUT2D eigenvalue weighted by molar-refractivity contribution is 5.96. The summed E-state index contributed by atoms with van der Waals surface area (Å²) in [7, 11) is 0. The number of nitrogens with one attached hydrogen (secondary N) is 1. The molecule has 0 bridgehead atoms. The minimum Gasteiger partial charge on any atom is -0.367 e. The molecule has 5 heteroatoms. The van der Waals surface area contributed by atoms with E-state index in [1.807, 2.05) is 12.3 Å². The molecule has 6 rings (SSSR count). The van der Waals surface area contributed by atoms with Crippen molar-refractivity contribution in [3.8, 4) is 39.5 Å². The lowest BCUT2D eigenvalue weighted by Crippen LogP contribution is -2.17. The van der Waals surface area contributed by atoms with E-state index in [0.717, 1.165) is 39.1 Å². The van der Waals surface area contributed by atoms with Gasteiger partial charge in [-0.2, -0.15) is 0 Å². The molecule has 240 valence electrons. The van der Waals surface area contributed by atoms with Gasteiger partial charge in [-0.25, -0.2) is 4.98 Å². The summed E-state index contributed by atoms with van der Waals surface area (Å²) >= 11 is 0. The lowest BCUT2D eigenvalue weighted by atomic mass is 9.80. The first-order valence-corrected chi connectivity index (χ1v) is 16.4. The third-order valence-corrected chi connectivity index (χ3v) is 8.98. The number of nitrogens with zero attached hydrogens (tertiary/aromatic N) is 3. The van der Waals surface area contributed by atoms with Gasteiger partial charge in [0.15, 0.2) is 11.3 Å². The number of aromatic amines is 1. The highest BCUT2D eigenvalue weighted by Crippen LogP contribution is 2.39. The number of fused-ring (bicyclic) bond motifs is 1. The first-order chi connectivity index (χ1) is 22.0. The fraction of sp³-hybridized carbons (Fsp3) is 0.310. The minimum atomic E-state index is -0.0823. The number of hydrogen-bond acceptors (Lipinski definition) is 3. The number of benzene rings is 3. The van der Waals surface area contributed by atoms with Gasteiger partial charge in [-0.05, 0) is 93.5 Å². The Morgan fingerprint density at radius 3 is 1.94 bits per heavy atom. The first kappa shape index (κ1) is 32.2. The van der Waals surface area contributed by atoms with E-state index in [2.05, 4.69) is 139 Å². The Morgan fingerprint density at radius 2 is 1.32 bits per heavy atom. The fourth-order valence-electron chi connectivity index (χ4n) is 6.03. The molecule has 3 heterocycles. The van der Waals surface area contributed by atoms with Gasteiger partial charge in [0.25, 0.3) is 0 Å². The number of H-pyrrole nitrogens is 1. The van der Waals surface area contributed by atoms with Crippen molar-refractivity contribution >= 4 is 11.0 Å². The van der Waals surface area contributed by atoms with Crippen molar-refractivity contribution in [3.63, 3.8) is 0 Å². The predicted molar refractivity (Wildman–Crippen MR) is 197 cm³/mol. The van der Waals surface area contributed by atoms with E-state index < -0.39 is 0 Å². The van der Waals surface area contributed by atoms with Gasteiger partial charge >= 0.3 is 0 Å². The number of aryl methyl sites for hydroxylation is 1. The average Bonchev–Trinajstić information content (AvgIpc) is 3.39. The summed E-state index contributed by atoms with van der Waals surface area (Å²) < 4.78 is 2.17. The molecule has 3 aromatic heterocycles. The van der Waals surface area contributed by atoms with E-state index in [1.54, 1.807) is 18.5 Å². The van der Waals surface area contributed by atoms with Crippen LogP contribution < -0.4 is 5.43 Å². The molecule has 0 spiro atoms. The maximum absolute atomic E-state index is 13.4. The van der Waals surface area contributed by atoms with E-state index in [1.165, 1.54) is 22.3 Å². The third-order valence-electron chi connectivity index (χ3n) is 8.98. The first-order valence-electron chi connectivity index (χ1n) is 16.4. The number of imidazole rings is 1. The molecule has 0 aliphatic carbocycles. The molecule has 0 amide bonds. The largest absolute Gasteiger partial charge is 0.367 e. The topological polar surface area (TPSA) is 63.6 Å². The second kappa shape index (κ2) is 11.5. The Balaban J connectivity index is 1.70. The number of hydrogen-bond donors (Lipinski definition) is 1. The van der Waals surface area contributed by atoms with Gasteiger partial charge < -0.3 is 4.98 Å². The van der Waals surface area contributed by atoms with Gasteiger partial charge in [0.2, 0.25) is 0 Å². The number of pyridine rings is 2. The zero-order valence-corrected chi connectivity index (χ0v) is 29.4. The molecular formula is C42H46N4O. The molecule has 0 unspecified atom stereocenters. The van der Waals surface area contributed by atoms with E-state index in [0.29, 0.717) is 11.4 Å². The van der Waals surface area contributed by atoms with Crippen LogP contribution in [0.5, 0.6) is 0 Å². The monoisotopic (exact) mass is 622 g/mol. The zero-order chi connectivity index (χ0) is 33.9. The molecule has 47 heavy (non-hydrogen) atoms. The molecule has 6 aromatic rings. The summed E-state index contributed by atoms with van der Waals surface area (Å²) in [5, 5.41) is 0. The standard InChI is InChI=1S/C42H46N4O/c1-26-14-17-44-35(18-26)28-19-27(20-29(21-28)40(2,3)4)33-12-11-13-36-38(33)45-39(34-25-43-16-15-37(34)47)46(36)32-23-30(41(5,6)7)22-31(24-32)42(8,9)10/h11-25H,1-10H3,(H,43,47). The van der Waals surface area contributed by atoms with Crippen LogP contribution in [0.1, 0.15) is 84.6 Å². The van der Waals surface area contributed by atoms with Gasteiger partial charge in [-0.3, -0.25) is 14.3 Å². The van der Waals surface area contributed by atoms with Crippen LogP contribution >= 0.6 is 0 Å². The van der Waals surface area contributed by atoms with Gasteiger partial charge in [-0.1, -0.05) is 86.6 Å². The van der Waals surface area contributed by atoms with Crippen molar-refractivity contribution in [2.45, 2.75) is 85.5 Å². The summed E-state index contributed by atoms with van der Waals surface area (Å²) in [6.45, 7) is 22.3. The molecular weight excluding hydrogens is 576 g/mol. The van der Waals surface area contributed by atoms with Gasteiger partial charge in [-0.15, -0.1) is 0 Å². The molecule has 0 aliphatic heterocycles. The van der Waals surface area contributed by atoms with Crippen LogP contribution in [0.4, 0.5) is 0 Å². The van der Waals surface area contributed by atoms with Crippen molar-refractivity contribution in [3.05, 3.63) is 124 Å². The second-order valence-electron chi connectivity index (χ2n) is 15.9. The number of aromatic nitrogens is 4. The van der Waals surface area contributed by atoms with Crippen molar-refractivity contribution in [1.82, 2.24) is 19.5 Å². The van der Waals surface area contributed by atoms with Crippen LogP contribution in [0, 0.1) is 6.92 Å². The van der Waals surface area contributed by atoms with Crippen LogP contribution in [0.3, 0.4) is 0 Å². The Bertz CT molecular complexity index is 2150. The highest BCUT2D eigenvalue weighted by Gasteiger charge is 2.25. The van der Waals surface area contributed by atoms with Crippen LogP contribution in [0.15, 0.2) is 96.2 Å². The Morgan fingerprint density at radius 1 is 0.681 bits per heavy atom. The third kappa shape index (κ3) is 6.32. The number of para-hydroxylation sites is 1. The maximum atomic E-state index is 13.4. The lowest BCUT2D eigenvalue weighted by molar-refractivity contribution is 0.568. The summed E-state index contributed by atoms with van der Waals surface area (Å²) in [4.78, 5) is 26.6. The van der Waals surface area contributed by atoms with E-state index >= 15 is 0 Å². The molecule has 5 nitrogen and oxygen atoms in total. The van der Waals surface area contributed by atoms with Crippen LogP contribution in [0.25, 0.3) is 50.5 Å². The van der Waals surface area contributed by atoms with Crippen molar-refractivity contribution in [2.75, 3.05) is 0 Å². The van der Waals surface area contributed by atoms with E-state index in [4.69, 9.17) is 9.97 Å². The highest BCUT2D eigenvalue weighted by atomic mass is 16.1. The number of rotatable bonds is 4. The molecule has 0 saturated heterocycles. The summed E-state index contributed by atoms with van der Waals surface area (Å²) in [6.07, 6.45) is 5.30. The van der Waals surface area contributed by atoms with Gasteiger partial charge in [0, 0.05) is 41.5 Å². The Kier molecular flexibility index (Phi) is 7.86. The smallest absolute Gasteiger partial charge is 0.192 e. The van der Waals surface area contributed by atoms with E-state index in [-0.39, 0.29) is 21.7 Å². The van der Waals surface area contributed by atoms with Crippen LogP contribution in [-0.2, 0) is 16.2 Å². The van der Waals surface area contributed by atoms with E-state index in [9.17, 15) is 4.79 Å². The Labute approximate surface area is 278 Å². The summed E-state index contributed by atoms with van der Waals surface area (Å²) in [6, 6.07) is 25.7. The normalized spacial score (nSPS) is 12.6. The van der Waals surface area contributed by atoms with Crippen LogP contribution in [0.2, 0.25) is 0 Å². The summed E-state index contributed by atoms with van der Waals surface area (Å²) in [5.74, 6) is 0.618. The van der Waals surface area contributed by atoms with Crippen molar-refractivity contribution in [1.29, 1.82) is 0 Å². The van der Waals surface area contributed by atoms with Gasteiger partial charge in [0.1, 0.15) is 0 Å². The fourth-order valence-corrected chi connectivity index (χ4v) is 6.03. The van der Waals surface area contributed by atoms with Gasteiger partial charge in [0.05, 0.1) is 22.3 Å².